The Morgan fingerprint density at radius 1 is 1.14 bits per heavy atom. The number of nitrogens with one attached hydrogen (secondary N) is 1. The molecule has 0 bridgehead atoms. The Morgan fingerprint density at radius 3 is 2.52 bits per heavy atom. The van der Waals surface area contributed by atoms with Gasteiger partial charge in [-0.2, -0.15) is 0 Å². The third-order valence-electron chi connectivity index (χ3n) is 3.12. The SMILES string of the molecule is CC(=O)c1cccc(NC(=O)Cn2c(C)cccc2=O)c1. The van der Waals surface area contributed by atoms with Crippen molar-refractivity contribution in [2.45, 2.75) is 20.4 Å². The summed E-state index contributed by atoms with van der Waals surface area (Å²) in [6, 6.07) is 11.5. The number of pyridine rings is 1. The number of ketones is 1. The summed E-state index contributed by atoms with van der Waals surface area (Å²) in [4.78, 5) is 35.0. The van der Waals surface area contributed by atoms with Crippen molar-refractivity contribution in [1.82, 2.24) is 4.57 Å². The van der Waals surface area contributed by atoms with E-state index in [2.05, 4.69) is 5.32 Å². The first kappa shape index (κ1) is 14.7. The Kier molecular flexibility index (Phi) is 4.33. The van der Waals surface area contributed by atoms with Gasteiger partial charge in [-0.25, -0.2) is 0 Å². The van der Waals surface area contributed by atoms with Crippen LogP contribution in [0.15, 0.2) is 47.3 Å². The molecular formula is C16H16N2O3. The normalized spacial score (nSPS) is 10.2. The van der Waals surface area contributed by atoms with Crippen LogP contribution in [0.5, 0.6) is 0 Å². The Balaban J connectivity index is 2.14. The summed E-state index contributed by atoms with van der Waals surface area (Å²) in [6.45, 7) is 3.18. The van der Waals surface area contributed by atoms with Crippen molar-refractivity contribution >= 4 is 17.4 Å². The topological polar surface area (TPSA) is 68.2 Å². The lowest BCUT2D eigenvalue weighted by molar-refractivity contribution is -0.116. The fourth-order valence-electron chi connectivity index (χ4n) is 1.99. The minimum atomic E-state index is -0.313. The maximum absolute atomic E-state index is 12.0. The van der Waals surface area contributed by atoms with Crippen molar-refractivity contribution < 1.29 is 9.59 Å². The number of carbonyl (C=O) groups is 2. The van der Waals surface area contributed by atoms with Gasteiger partial charge in [0.2, 0.25) is 5.91 Å². The van der Waals surface area contributed by atoms with Gasteiger partial charge in [-0.15, -0.1) is 0 Å². The fourth-order valence-corrected chi connectivity index (χ4v) is 1.99. The van der Waals surface area contributed by atoms with Crippen molar-refractivity contribution in [3.63, 3.8) is 0 Å². The van der Waals surface area contributed by atoms with Crippen molar-refractivity contribution in [2.24, 2.45) is 0 Å². The zero-order chi connectivity index (χ0) is 15.4. The molecule has 108 valence electrons. The Bertz CT molecular complexity index is 747. The number of aryl methyl sites for hydroxylation is 1. The maximum atomic E-state index is 12.0. The van der Waals surface area contributed by atoms with Gasteiger partial charge < -0.3 is 9.88 Å². The van der Waals surface area contributed by atoms with Crippen molar-refractivity contribution in [3.8, 4) is 0 Å². The van der Waals surface area contributed by atoms with E-state index in [1.165, 1.54) is 17.6 Å². The van der Waals surface area contributed by atoms with Gasteiger partial charge in [0.25, 0.3) is 5.56 Å². The van der Waals surface area contributed by atoms with Gasteiger partial charge in [-0.1, -0.05) is 18.2 Å². The lowest BCUT2D eigenvalue weighted by Gasteiger charge is -2.10. The molecule has 0 unspecified atom stereocenters. The molecule has 0 radical (unpaired) electrons. The number of rotatable bonds is 4. The van der Waals surface area contributed by atoms with Gasteiger partial charge in [-0.3, -0.25) is 14.4 Å². The standard InChI is InChI=1S/C16H16N2O3/c1-11-5-3-8-16(21)18(11)10-15(20)17-14-7-4-6-13(9-14)12(2)19/h3-9H,10H2,1-2H3,(H,17,20). The third kappa shape index (κ3) is 3.66. The molecule has 21 heavy (non-hydrogen) atoms. The van der Waals surface area contributed by atoms with E-state index >= 15 is 0 Å². The minimum absolute atomic E-state index is 0.0597. The van der Waals surface area contributed by atoms with Gasteiger partial charge in [0.05, 0.1) is 0 Å². The summed E-state index contributed by atoms with van der Waals surface area (Å²) < 4.78 is 1.39. The van der Waals surface area contributed by atoms with Crippen LogP contribution in [0.1, 0.15) is 23.0 Å². The maximum Gasteiger partial charge on any atom is 0.251 e. The molecule has 1 aromatic carbocycles. The van der Waals surface area contributed by atoms with E-state index in [9.17, 15) is 14.4 Å². The predicted molar refractivity (Wildman–Crippen MR) is 80.5 cm³/mol. The smallest absolute Gasteiger partial charge is 0.251 e. The molecule has 0 fully saturated rings. The highest BCUT2D eigenvalue weighted by Crippen LogP contribution is 2.11. The van der Waals surface area contributed by atoms with E-state index in [-0.39, 0.29) is 23.8 Å². The van der Waals surface area contributed by atoms with Crippen LogP contribution in [-0.4, -0.2) is 16.3 Å². The molecule has 1 amide bonds. The number of benzene rings is 1. The van der Waals surface area contributed by atoms with E-state index in [0.717, 1.165) is 5.69 Å². The number of Topliss-reactive ketones (excluding diaryl/α,β-unsaturated/α-hetero) is 1. The molecule has 5 heteroatoms. The molecule has 0 atom stereocenters. The van der Waals surface area contributed by atoms with Gasteiger partial charge >= 0.3 is 0 Å². The van der Waals surface area contributed by atoms with Gasteiger partial charge in [0.15, 0.2) is 5.78 Å². The van der Waals surface area contributed by atoms with Crippen molar-refractivity contribution in [3.05, 3.63) is 64.1 Å². The number of amides is 1. The molecule has 1 heterocycles. The van der Waals surface area contributed by atoms with Crippen LogP contribution in [-0.2, 0) is 11.3 Å². The van der Waals surface area contributed by atoms with Crippen molar-refractivity contribution in [2.75, 3.05) is 5.32 Å². The average molecular weight is 284 g/mol. The van der Waals surface area contributed by atoms with E-state index in [0.29, 0.717) is 11.3 Å². The molecule has 0 saturated heterocycles. The summed E-state index contributed by atoms with van der Waals surface area (Å²) in [6.07, 6.45) is 0. The summed E-state index contributed by atoms with van der Waals surface area (Å²) in [5, 5.41) is 2.69. The summed E-state index contributed by atoms with van der Waals surface area (Å²) >= 11 is 0. The van der Waals surface area contributed by atoms with E-state index in [4.69, 9.17) is 0 Å². The fraction of sp³-hybridized carbons (Fsp3) is 0.188. The second-order valence-electron chi connectivity index (χ2n) is 4.78. The lowest BCUT2D eigenvalue weighted by Crippen LogP contribution is -2.28. The molecule has 5 nitrogen and oxygen atoms in total. The Labute approximate surface area is 122 Å². The van der Waals surface area contributed by atoms with Gasteiger partial charge in [-0.05, 0) is 32.0 Å². The molecule has 1 aromatic heterocycles. The highest BCUT2D eigenvalue weighted by atomic mass is 16.2. The third-order valence-corrected chi connectivity index (χ3v) is 3.12. The van der Waals surface area contributed by atoms with Crippen LogP contribution in [0.2, 0.25) is 0 Å². The molecule has 0 aliphatic carbocycles. The average Bonchev–Trinajstić information content (AvgIpc) is 2.43. The van der Waals surface area contributed by atoms with Crippen LogP contribution < -0.4 is 10.9 Å². The number of nitrogens with zero attached hydrogens (tertiary/aromatic N) is 1. The molecule has 0 spiro atoms. The first-order valence-corrected chi connectivity index (χ1v) is 6.54. The quantitative estimate of drug-likeness (QED) is 0.873. The number of hydrogen-bond acceptors (Lipinski definition) is 3. The Hall–Kier alpha value is -2.69. The minimum Gasteiger partial charge on any atom is -0.325 e. The number of anilines is 1. The second-order valence-corrected chi connectivity index (χ2v) is 4.78. The molecule has 2 aromatic rings. The van der Waals surface area contributed by atoms with E-state index in [1.54, 1.807) is 43.3 Å². The van der Waals surface area contributed by atoms with Gasteiger partial charge in [0, 0.05) is 23.0 Å². The zero-order valence-corrected chi connectivity index (χ0v) is 11.9. The number of hydrogen-bond donors (Lipinski definition) is 1. The summed E-state index contributed by atoms with van der Waals surface area (Å²) in [5.41, 5.74) is 1.56. The van der Waals surface area contributed by atoms with Crippen LogP contribution in [0.25, 0.3) is 0 Å². The first-order chi connectivity index (χ1) is 9.97. The van der Waals surface area contributed by atoms with E-state index in [1.807, 2.05) is 0 Å². The summed E-state index contributed by atoms with van der Waals surface area (Å²) in [7, 11) is 0. The Morgan fingerprint density at radius 2 is 1.86 bits per heavy atom. The van der Waals surface area contributed by atoms with Crippen LogP contribution >= 0.6 is 0 Å². The summed E-state index contributed by atoms with van der Waals surface area (Å²) in [5.74, 6) is -0.381. The first-order valence-electron chi connectivity index (χ1n) is 6.54. The van der Waals surface area contributed by atoms with Crippen LogP contribution in [0.3, 0.4) is 0 Å². The van der Waals surface area contributed by atoms with Gasteiger partial charge in [0.1, 0.15) is 6.54 Å². The van der Waals surface area contributed by atoms with E-state index < -0.39 is 0 Å². The monoisotopic (exact) mass is 284 g/mol. The zero-order valence-electron chi connectivity index (χ0n) is 11.9. The predicted octanol–water partition coefficient (Wildman–Crippen LogP) is 2.00. The van der Waals surface area contributed by atoms with Crippen molar-refractivity contribution in [1.29, 1.82) is 0 Å². The highest BCUT2D eigenvalue weighted by molar-refractivity contribution is 5.97. The highest BCUT2D eigenvalue weighted by Gasteiger charge is 2.08. The number of carbonyl (C=O) groups excluding carboxylic acids is 2. The largest absolute Gasteiger partial charge is 0.325 e. The molecule has 1 N–H and O–H groups in total. The molecule has 0 saturated carbocycles. The molecular weight excluding hydrogens is 268 g/mol. The second kappa shape index (κ2) is 6.17. The molecule has 2 rings (SSSR count). The molecule has 0 aliphatic rings. The molecule has 0 aliphatic heterocycles. The van der Waals surface area contributed by atoms with Crippen LogP contribution in [0, 0.1) is 6.92 Å². The lowest BCUT2D eigenvalue weighted by atomic mass is 10.1. The van der Waals surface area contributed by atoms with Crippen LogP contribution in [0.4, 0.5) is 5.69 Å². The number of aromatic nitrogens is 1.